The minimum atomic E-state index is -3.55. The largest absolute Gasteiger partial charge is 0.460 e. The second-order valence-corrected chi connectivity index (χ2v) is 14.4. The van der Waals surface area contributed by atoms with E-state index in [1.54, 1.807) is 48.8 Å². The van der Waals surface area contributed by atoms with Gasteiger partial charge in [0.25, 0.3) is 5.91 Å². The zero-order valence-corrected chi connectivity index (χ0v) is 25.1. The van der Waals surface area contributed by atoms with Gasteiger partial charge in [-0.05, 0) is 85.5 Å². The van der Waals surface area contributed by atoms with Crippen LogP contribution in [0.5, 0.6) is 0 Å². The molecule has 0 spiro atoms. The average Bonchev–Trinajstić information content (AvgIpc) is 2.97. The third-order valence-corrected chi connectivity index (χ3v) is 9.30. The third-order valence-electron chi connectivity index (χ3n) is 7.48. The van der Waals surface area contributed by atoms with Gasteiger partial charge in [0.05, 0.1) is 23.5 Å². The first-order valence-corrected chi connectivity index (χ1v) is 15.5. The van der Waals surface area contributed by atoms with Gasteiger partial charge in [0.15, 0.2) is 9.84 Å². The predicted molar refractivity (Wildman–Crippen MR) is 144 cm³/mol. The molecule has 2 aliphatic rings. The molecule has 1 atom stereocenters. The second kappa shape index (κ2) is 13.6. The SMILES string of the molecule is COC1CCC(COCCCS(=O)(=O)CC(CCCN2C(=O)N(C)C(C)(C)C2=O)C(=O)OC(C)(C)C)CC1. The highest BCUT2D eigenvalue weighted by atomic mass is 32.2. The van der Waals surface area contributed by atoms with E-state index < -0.39 is 38.9 Å². The second-order valence-electron chi connectivity index (χ2n) is 12.2. The van der Waals surface area contributed by atoms with E-state index in [1.807, 2.05) is 0 Å². The Kier molecular flexibility index (Phi) is 11.6. The van der Waals surface area contributed by atoms with Crippen LogP contribution in [0.25, 0.3) is 0 Å². The molecule has 10 nitrogen and oxygen atoms in total. The van der Waals surface area contributed by atoms with Crippen molar-refractivity contribution in [1.82, 2.24) is 9.80 Å². The molecule has 0 radical (unpaired) electrons. The first-order chi connectivity index (χ1) is 17.6. The summed E-state index contributed by atoms with van der Waals surface area (Å²) in [4.78, 5) is 40.5. The van der Waals surface area contributed by atoms with Crippen molar-refractivity contribution in [1.29, 1.82) is 0 Å². The number of ether oxygens (including phenoxy) is 3. The zero-order valence-electron chi connectivity index (χ0n) is 24.3. The Hall–Kier alpha value is -1.72. The molecule has 0 bridgehead atoms. The third kappa shape index (κ3) is 9.48. The Labute approximate surface area is 228 Å². The van der Waals surface area contributed by atoms with E-state index in [-0.39, 0.29) is 30.4 Å². The molecule has 1 saturated heterocycles. The summed E-state index contributed by atoms with van der Waals surface area (Å²) in [6.45, 7) is 9.64. The van der Waals surface area contributed by atoms with Crippen molar-refractivity contribution >= 4 is 27.7 Å². The number of imide groups is 1. The number of rotatable bonds is 14. The molecule has 3 amide bonds. The number of likely N-dealkylation sites (N-methyl/N-ethyl adjacent to an activating group) is 1. The van der Waals surface area contributed by atoms with E-state index in [0.29, 0.717) is 38.1 Å². The summed E-state index contributed by atoms with van der Waals surface area (Å²) in [5.74, 6) is -1.70. The van der Waals surface area contributed by atoms with Crippen LogP contribution in [-0.2, 0) is 33.6 Å². The molecule has 1 heterocycles. The maximum absolute atomic E-state index is 12.9. The molecule has 1 saturated carbocycles. The number of carbonyl (C=O) groups is 3. The molecule has 0 aromatic rings. The van der Waals surface area contributed by atoms with E-state index >= 15 is 0 Å². The summed E-state index contributed by atoms with van der Waals surface area (Å²) in [5, 5.41) is 0. The molecule has 220 valence electrons. The highest BCUT2D eigenvalue weighted by Crippen LogP contribution is 2.27. The van der Waals surface area contributed by atoms with Crippen LogP contribution in [0.4, 0.5) is 4.79 Å². The van der Waals surface area contributed by atoms with Crippen molar-refractivity contribution in [2.24, 2.45) is 11.8 Å². The molecule has 2 rings (SSSR count). The van der Waals surface area contributed by atoms with Gasteiger partial charge in [-0.25, -0.2) is 13.2 Å². The Balaban J connectivity index is 1.86. The molecular weight excluding hydrogens is 512 g/mol. The summed E-state index contributed by atoms with van der Waals surface area (Å²) >= 11 is 0. The number of urea groups is 1. The standard InChI is InChI=1S/C27H48N2O8S/c1-26(2,3)37-23(30)21(10-8-15-29-24(31)27(4,5)28(6)25(29)32)19-38(33,34)17-9-16-36-18-20-11-13-22(35-7)14-12-20/h20-22H,8-19H2,1-7H3. The van der Waals surface area contributed by atoms with E-state index in [4.69, 9.17) is 14.2 Å². The topological polar surface area (TPSA) is 120 Å². The number of carbonyl (C=O) groups excluding carboxylic acids is 3. The summed E-state index contributed by atoms with van der Waals surface area (Å²) in [6.07, 6.45) is 5.34. The minimum Gasteiger partial charge on any atom is -0.460 e. The summed E-state index contributed by atoms with van der Waals surface area (Å²) in [5.41, 5.74) is -1.70. The zero-order chi connectivity index (χ0) is 28.7. The summed E-state index contributed by atoms with van der Waals surface area (Å²) in [6, 6.07) is -0.395. The molecule has 1 unspecified atom stereocenters. The Bertz CT molecular complexity index is 920. The fraction of sp³-hybridized carbons (Fsp3) is 0.889. The molecule has 0 aromatic heterocycles. The van der Waals surface area contributed by atoms with Crippen molar-refractivity contribution in [2.45, 2.75) is 96.8 Å². The average molecular weight is 561 g/mol. The summed E-state index contributed by atoms with van der Waals surface area (Å²) in [7, 11) is -0.233. The first-order valence-electron chi connectivity index (χ1n) is 13.7. The van der Waals surface area contributed by atoms with Crippen molar-refractivity contribution in [3.05, 3.63) is 0 Å². The van der Waals surface area contributed by atoms with Crippen molar-refractivity contribution in [3.63, 3.8) is 0 Å². The predicted octanol–water partition coefficient (Wildman–Crippen LogP) is 3.42. The van der Waals surface area contributed by atoms with Gasteiger partial charge in [-0.1, -0.05) is 0 Å². The number of nitrogens with zero attached hydrogens (tertiary/aromatic N) is 2. The lowest BCUT2D eigenvalue weighted by molar-refractivity contribution is -0.159. The molecule has 11 heteroatoms. The van der Waals surface area contributed by atoms with Gasteiger partial charge >= 0.3 is 12.0 Å². The summed E-state index contributed by atoms with van der Waals surface area (Å²) < 4.78 is 42.4. The Morgan fingerprint density at radius 1 is 1.11 bits per heavy atom. The molecule has 2 fully saturated rings. The van der Waals surface area contributed by atoms with Crippen LogP contribution in [0.15, 0.2) is 0 Å². The number of methoxy groups -OCH3 is 1. The van der Waals surface area contributed by atoms with Crippen LogP contribution in [0.1, 0.15) is 79.6 Å². The van der Waals surface area contributed by atoms with Gasteiger partial charge in [-0.3, -0.25) is 14.5 Å². The van der Waals surface area contributed by atoms with Crippen LogP contribution in [0.2, 0.25) is 0 Å². The highest BCUT2D eigenvalue weighted by molar-refractivity contribution is 7.91. The van der Waals surface area contributed by atoms with E-state index in [0.717, 1.165) is 25.7 Å². The Morgan fingerprint density at radius 2 is 1.74 bits per heavy atom. The molecule has 0 aromatic carbocycles. The van der Waals surface area contributed by atoms with E-state index in [2.05, 4.69) is 0 Å². The van der Waals surface area contributed by atoms with Crippen LogP contribution in [0.3, 0.4) is 0 Å². The highest BCUT2D eigenvalue weighted by Gasteiger charge is 2.48. The maximum atomic E-state index is 12.9. The van der Waals surface area contributed by atoms with Gasteiger partial charge < -0.3 is 19.1 Å². The lowest BCUT2D eigenvalue weighted by Gasteiger charge is -2.27. The smallest absolute Gasteiger partial charge is 0.327 e. The van der Waals surface area contributed by atoms with Gasteiger partial charge in [0, 0.05) is 33.9 Å². The normalized spacial score (nSPS) is 23.1. The van der Waals surface area contributed by atoms with Crippen LogP contribution in [-0.4, -0.2) is 98.8 Å². The molecule has 1 aliphatic heterocycles. The van der Waals surface area contributed by atoms with E-state index in [9.17, 15) is 22.8 Å². The van der Waals surface area contributed by atoms with Crippen LogP contribution >= 0.6 is 0 Å². The number of amides is 3. The molecule has 38 heavy (non-hydrogen) atoms. The van der Waals surface area contributed by atoms with Gasteiger partial charge in [-0.2, -0.15) is 0 Å². The van der Waals surface area contributed by atoms with Gasteiger partial charge in [-0.15, -0.1) is 0 Å². The van der Waals surface area contributed by atoms with Crippen molar-refractivity contribution in [2.75, 3.05) is 45.4 Å². The van der Waals surface area contributed by atoms with Gasteiger partial charge in [0.2, 0.25) is 0 Å². The monoisotopic (exact) mass is 560 g/mol. The minimum absolute atomic E-state index is 0.0786. The van der Waals surface area contributed by atoms with Crippen molar-refractivity contribution in [3.8, 4) is 0 Å². The number of sulfone groups is 1. The number of hydrogen-bond acceptors (Lipinski definition) is 8. The number of esters is 1. The van der Waals surface area contributed by atoms with Crippen LogP contribution in [0, 0.1) is 11.8 Å². The fourth-order valence-electron chi connectivity index (χ4n) is 4.88. The molecule has 1 aliphatic carbocycles. The first kappa shape index (κ1) is 32.5. The number of hydrogen-bond donors (Lipinski definition) is 0. The quantitative estimate of drug-likeness (QED) is 0.180. The van der Waals surface area contributed by atoms with Gasteiger partial charge in [0.1, 0.15) is 11.1 Å². The van der Waals surface area contributed by atoms with E-state index in [1.165, 1.54) is 9.80 Å². The molecule has 0 N–H and O–H groups in total. The fourth-order valence-corrected chi connectivity index (χ4v) is 6.52. The lowest BCUT2D eigenvalue weighted by atomic mass is 9.88. The Morgan fingerprint density at radius 3 is 2.26 bits per heavy atom. The van der Waals surface area contributed by atoms with Crippen molar-refractivity contribution < 1.29 is 37.0 Å². The molecular formula is C27H48N2O8S. The maximum Gasteiger partial charge on any atom is 0.327 e. The lowest BCUT2D eigenvalue weighted by Crippen LogP contribution is -2.41. The van der Waals surface area contributed by atoms with Crippen LogP contribution < -0.4 is 0 Å².